The van der Waals surface area contributed by atoms with Crippen LogP contribution in [0.1, 0.15) is 110 Å². The quantitative estimate of drug-likeness (QED) is 0.164. The summed E-state index contributed by atoms with van der Waals surface area (Å²) < 4.78 is 5.16. The molecule has 0 rings (SSSR count). The minimum atomic E-state index is -0.0469. The number of rotatable bonds is 17. The summed E-state index contributed by atoms with van der Waals surface area (Å²) in [6.07, 6.45) is 18.7. The van der Waals surface area contributed by atoms with E-state index in [-0.39, 0.29) is 5.97 Å². The summed E-state index contributed by atoms with van der Waals surface area (Å²) in [5.41, 5.74) is 1.07. The van der Waals surface area contributed by atoms with E-state index in [1.54, 1.807) is 0 Å². The molecule has 2 nitrogen and oxygen atoms in total. The second kappa shape index (κ2) is 17.6. The Labute approximate surface area is 145 Å². The van der Waals surface area contributed by atoms with E-state index in [9.17, 15) is 4.79 Å². The molecule has 0 radical (unpaired) electrons. The van der Waals surface area contributed by atoms with Crippen molar-refractivity contribution in [1.29, 1.82) is 0 Å². The summed E-state index contributed by atoms with van der Waals surface area (Å²) in [6, 6.07) is 0. The Morgan fingerprint density at radius 1 is 0.739 bits per heavy atom. The highest BCUT2D eigenvalue weighted by Gasteiger charge is 2.02. The molecule has 0 saturated carbocycles. The molecule has 0 bridgehead atoms. The molecule has 0 aromatic carbocycles. The Morgan fingerprint density at radius 2 is 1.17 bits per heavy atom. The maximum atomic E-state index is 11.5. The standard InChI is InChI=1S/C21H40O2/c1-4-5-6-7-8-9-10-11-12-13-14-15-16-17-21(22)23-19-18-20(2)3/h2,4-19H2,1,3H3. The van der Waals surface area contributed by atoms with E-state index in [4.69, 9.17) is 4.74 Å². The number of hydrogen-bond donors (Lipinski definition) is 0. The monoisotopic (exact) mass is 324 g/mol. The highest BCUT2D eigenvalue weighted by Crippen LogP contribution is 2.13. The Morgan fingerprint density at radius 3 is 1.61 bits per heavy atom. The van der Waals surface area contributed by atoms with Crippen LogP contribution < -0.4 is 0 Å². The van der Waals surface area contributed by atoms with E-state index in [0.717, 1.165) is 24.8 Å². The fourth-order valence-corrected chi connectivity index (χ4v) is 2.70. The fraction of sp³-hybridized carbons (Fsp3) is 0.857. The molecule has 23 heavy (non-hydrogen) atoms. The highest BCUT2D eigenvalue weighted by atomic mass is 16.5. The van der Waals surface area contributed by atoms with Crippen molar-refractivity contribution in [3.63, 3.8) is 0 Å². The second-order valence-electron chi connectivity index (χ2n) is 6.92. The van der Waals surface area contributed by atoms with Gasteiger partial charge in [-0.2, -0.15) is 0 Å². The molecule has 0 aliphatic rings. The summed E-state index contributed by atoms with van der Waals surface area (Å²) in [7, 11) is 0. The zero-order valence-corrected chi connectivity index (χ0v) is 15.8. The molecule has 0 N–H and O–H groups in total. The van der Waals surface area contributed by atoms with Crippen LogP contribution in [-0.4, -0.2) is 12.6 Å². The molecular weight excluding hydrogens is 284 g/mol. The van der Waals surface area contributed by atoms with Crippen LogP contribution in [0.2, 0.25) is 0 Å². The molecule has 0 aliphatic heterocycles. The third-order valence-corrected chi connectivity index (χ3v) is 4.28. The third-order valence-electron chi connectivity index (χ3n) is 4.28. The summed E-state index contributed by atoms with van der Waals surface area (Å²) in [6.45, 7) is 8.52. The van der Waals surface area contributed by atoms with Gasteiger partial charge in [0.2, 0.25) is 0 Å². The Balaban J connectivity index is 3.12. The van der Waals surface area contributed by atoms with Crippen molar-refractivity contribution < 1.29 is 9.53 Å². The van der Waals surface area contributed by atoms with Crippen molar-refractivity contribution in [1.82, 2.24) is 0 Å². The first-order chi connectivity index (χ1) is 11.2. The second-order valence-corrected chi connectivity index (χ2v) is 6.92. The number of carbonyl (C=O) groups is 1. The maximum Gasteiger partial charge on any atom is 0.305 e. The topological polar surface area (TPSA) is 26.3 Å². The largest absolute Gasteiger partial charge is 0.465 e. The van der Waals surface area contributed by atoms with Gasteiger partial charge in [0.25, 0.3) is 0 Å². The molecule has 0 aromatic rings. The van der Waals surface area contributed by atoms with E-state index < -0.39 is 0 Å². The first-order valence-corrected chi connectivity index (χ1v) is 9.96. The average molecular weight is 325 g/mol. The van der Waals surface area contributed by atoms with Crippen molar-refractivity contribution >= 4 is 5.97 Å². The van der Waals surface area contributed by atoms with Gasteiger partial charge in [-0.1, -0.05) is 89.5 Å². The SMILES string of the molecule is C=C(C)CCOC(=O)CCCCCCCCCCCCCCC. The number of hydrogen-bond acceptors (Lipinski definition) is 2. The minimum absolute atomic E-state index is 0.0469. The number of ether oxygens (including phenoxy) is 1. The normalized spacial score (nSPS) is 10.7. The van der Waals surface area contributed by atoms with E-state index in [1.165, 1.54) is 70.6 Å². The van der Waals surface area contributed by atoms with Crippen molar-refractivity contribution in [3.8, 4) is 0 Å². The van der Waals surface area contributed by atoms with Gasteiger partial charge in [0.05, 0.1) is 6.61 Å². The molecule has 0 unspecified atom stereocenters. The van der Waals surface area contributed by atoms with Gasteiger partial charge in [-0.3, -0.25) is 4.79 Å². The van der Waals surface area contributed by atoms with E-state index in [2.05, 4.69) is 13.5 Å². The average Bonchev–Trinajstić information content (AvgIpc) is 2.51. The van der Waals surface area contributed by atoms with Gasteiger partial charge in [0.15, 0.2) is 0 Å². The lowest BCUT2D eigenvalue weighted by atomic mass is 10.0. The molecule has 0 aromatic heterocycles. The lowest BCUT2D eigenvalue weighted by Gasteiger charge is -2.05. The van der Waals surface area contributed by atoms with Gasteiger partial charge in [-0.05, 0) is 13.3 Å². The predicted molar refractivity (Wildman–Crippen MR) is 101 cm³/mol. The predicted octanol–water partition coefficient (Wildman–Crippen LogP) is 6.98. The first-order valence-electron chi connectivity index (χ1n) is 9.96. The van der Waals surface area contributed by atoms with Crippen LogP contribution in [0.3, 0.4) is 0 Å². The van der Waals surface area contributed by atoms with Gasteiger partial charge in [-0.25, -0.2) is 0 Å². The van der Waals surface area contributed by atoms with Crippen molar-refractivity contribution in [2.75, 3.05) is 6.61 Å². The first kappa shape index (κ1) is 22.2. The molecule has 0 spiro atoms. The molecule has 0 atom stereocenters. The van der Waals surface area contributed by atoms with E-state index >= 15 is 0 Å². The smallest absolute Gasteiger partial charge is 0.305 e. The van der Waals surface area contributed by atoms with Crippen LogP contribution in [0.5, 0.6) is 0 Å². The van der Waals surface area contributed by atoms with Gasteiger partial charge in [0.1, 0.15) is 0 Å². The van der Waals surface area contributed by atoms with E-state index in [1.807, 2.05) is 6.92 Å². The zero-order chi connectivity index (χ0) is 17.2. The Hall–Kier alpha value is -0.790. The van der Waals surface area contributed by atoms with Gasteiger partial charge in [0, 0.05) is 12.8 Å². The summed E-state index contributed by atoms with van der Waals surface area (Å²) in [4.78, 5) is 11.5. The van der Waals surface area contributed by atoms with Crippen LogP contribution >= 0.6 is 0 Å². The molecule has 0 amide bonds. The van der Waals surface area contributed by atoms with Crippen molar-refractivity contribution in [2.24, 2.45) is 0 Å². The van der Waals surface area contributed by atoms with E-state index in [0.29, 0.717) is 13.0 Å². The van der Waals surface area contributed by atoms with Crippen LogP contribution in [0.25, 0.3) is 0 Å². The lowest BCUT2D eigenvalue weighted by Crippen LogP contribution is -2.05. The van der Waals surface area contributed by atoms with Crippen LogP contribution in [0, 0.1) is 0 Å². The third kappa shape index (κ3) is 19.2. The lowest BCUT2D eigenvalue weighted by molar-refractivity contribution is -0.143. The fourth-order valence-electron chi connectivity index (χ4n) is 2.70. The van der Waals surface area contributed by atoms with Gasteiger partial charge >= 0.3 is 5.97 Å². The Bertz CT molecular complexity index is 284. The highest BCUT2D eigenvalue weighted by molar-refractivity contribution is 5.69. The summed E-state index contributed by atoms with van der Waals surface area (Å²) >= 11 is 0. The van der Waals surface area contributed by atoms with Crippen molar-refractivity contribution in [2.45, 2.75) is 110 Å². The van der Waals surface area contributed by atoms with Crippen LogP contribution in [-0.2, 0) is 9.53 Å². The summed E-state index contributed by atoms with van der Waals surface area (Å²) in [5, 5.41) is 0. The molecule has 0 aliphatic carbocycles. The number of carbonyl (C=O) groups excluding carboxylic acids is 1. The minimum Gasteiger partial charge on any atom is -0.465 e. The number of unbranched alkanes of at least 4 members (excludes halogenated alkanes) is 12. The molecule has 2 heteroatoms. The Kier molecular flexibility index (Phi) is 17.0. The molecule has 0 fully saturated rings. The molecular formula is C21H40O2. The molecule has 136 valence electrons. The zero-order valence-electron chi connectivity index (χ0n) is 15.8. The van der Waals surface area contributed by atoms with Gasteiger partial charge in [-0.15, -0.1) is 6.58 Å². The van der Waals surface area contributed by atoms with Crippen molar-refractivity contribution in [3.05, 3.63) is 12.2 Å². The maximum absolute atomic E-state index is 11.5. The van der Waals surface area contributed by atoms with Crippen LogP contribution in [0.4, 0.5) is 0 Å². The van der Waals surface area contributed by atoms with Crippen LogP contribution in [0.15, 0.2) is 12.2 Å². The molecule has 0 heterocycles. The number of esters is 1. The molecule has 0 saturated heterocycles. The van der Waals surface area contributed by atoms with Gasteiger partial charge < -0.3 is 4.74 Å². The summed E-state index contributed by atoms with van der Waals surface area (Å²) in [5.74, 6) is -0.0469.